The Morgan fingerprint density at radius 2 is 1.41 bits per heavy atom. The van der Waals surface area contributed by atoms with Gasteiger partial charge >= 0.3 is 0 Å². The van der Waals surface area contributed by atoms with Gasteiger partial charge in [0.05, 0.1) is 18.8 Å². The number of ether oxygens (including phenoxy) is 1. The molecule has 2 heterocycles. The van der Waals surface area contributed by atoms with Gasteiger partial charge in [0.15, 0.2) is 0 Å². The number of rotatable bonds is 10. The standard InChI is InChI=1S/C37H40N2O2/c40-37-27-35(32-15-8-3-9-16-32)34-18-17-33(26-36(34)39(37)28-31-13-6-2-7-14-31)41-24-10-21-38-22-19-30(20-23-38)25-29-11-4-1-5-12-29/h1-9,11-18,26,30,35H,10,19-25,27-28H2. The van der Waals surface area contributed by atoms with E-state index in [-0.39, 0.29) is 11.8 Å². The van der Waals surface area contributed by atoms with Crippen LogP contribution in [0.15, 0.2) is 109 Å². The molecule has 0 radical (unpaired) electrons. The van der Waals surface area contributed by atoms with Crippen molar-refractivity contribution >= 4 is 11.6 Å². The van der Waals surface area contributed by atoms with Crippen LogP contribution < -0.4 is 9.64 Å². The molecule has 210 valence electrons. The van der Waals surface area contributed by atoms with E-state index in [1.54, 1.807) is 0 Å². The molecule has 4 heteroatoms. The van der Waals surface area contributed by atoms with Crippen LogP contribution in [-0.2, 0) is 17.8 Å². The summed E-state index contributed by atoms with van der Waals surface area (Å²) in [6.07, 6.45) is 5.22. The van der Waals surface area contributed by atoms with Gasteiger partial charge in [-0.2, -0.15) is 0 Å². The topological polar surface area (TPSA) is 32.8 Å². The van der Waals surface area contributed by atoms with Crippen LogP contribution in [0.1, 0.15) is 53.9 Å². The van der Waals surface area contributed by atoms with Gasteiger partial charge in [-0.3, -0.25) is 4.79 Å². The van der Waals surface area contributed by atoms with Gasteiger partial charge < -0.3 is 14.5 Å². The Kier molecular flexibility index (Phi) is 8.77. The predicted octanol–water partition coefficient (Wildman–Crippen LogP) is 7.48. The molecule has 0 saturated carbocycles. The SMILES string of the molecule is O=C1CC(c2ccccc2)c2ccc(OCCCN3CCC(Cc4ccccc4)CC3)cc2N1Cc1ccccc1. The zero-order valence-corrected chi connectivity index (χ0v) is 23.8. The number of likely N-dealkylation sites (tertiary alicyclic amines) is 1. The van der Waals surface area contributed by atoms with Crippen molar-refractivity contribution in [2.75, 3.05) is 31.1 Å². The summed E-state index contributed by atoms with van der Waals surface area (Å²) < 4.78 is 6.27. The maximum absolute atomic E-state index is 13.5. The van der Waals surface area contributed by atoms with Gasteiger partial charge in [-0.05, 0) is 73.0 Å². The van der Waals surface area contributed by atoms with E-state index in [0.29, 0.717) is 19.6 Å². The minimum absolute atomic E-state index is 0.0598. The molecule has 6 rings (SSSR count). The first-order chi connectivity index (χ1) is 20.2. The number of fused-ring (bicyclic) bond motifs is 1. The summed E-state index contributed by atoms with van der Waals surface area (Å²) >= 11 is 0. The molecule has 0 aromatic heterocycles. The average Bonchev–Trinajstić information content (AvgIpc) is 3.03. The molecular formula is C37H40N2O2. The Labute approximate surface area is 244 Å². The van der Waals surface area contributed by atoms with Crippen LogP contribution in [0, 0.1) is 5.92 Å². The average molecular weight is 545 g/mol. The number of nitrogens with zero attached hydrogens (tertiary/aromatic N) is 2. The molecule has 1 atom stereocenters. The van der Waals surface area contributed by atoms with Gasteiger partial charge in [-0.25, -0.2) is 0 Å². The summed E-state index contributed by atoms with van der Waals surface area (Å²) in [5, 5.41) is 0. The van der Waals surface area contributed by atoms with Gasteiger partial charge in [0.25, 0.3) is 0 Å². The minimum Gasteiger partial charge on any atom is -0.493 e. The quantitative estimate of drug-likeness (QED) is 0.194. The molecule has 2 aliphatic heterocycles. The van der Waals surface area contributed by atoms with Crippen molar-refractivity contribution in [2.24, 2.45) is 5.92 Å². The molecule has 1 saturated heterocycles. The molecule has 0 N–H and O–H groups in total. The number of hydrogen-bond acceptors (Lipinski definition) is 3. The third-order valence-electron chi connectivity index (χ3n) is 8.70. The molecule has 4 aromatic rings. The third-order valence-corrected chi connectivity index (χ3v) is 8.70. The minimum atomic E-state index is 0.0598. The summed E-state index contributed by atoms with van der Waals surface area (Å²) in [7, 11) is 0. The van der Waals surface area contributed by atoms with Gasteiger partial charge in [-0.15, -0.1) is 0 Å². The maximum Gasteiger partial charge on any atom is 0.228 e. The lowest BCUT2D eigenvalue weighted by Crippen LogP contribution is -2.36. The van der Waals surface area contributed by atoms with Crippen molar-refractivity contribution < 1.29 is 9.53 Å². The molecule has 4 nitrogen and oxygen atoms in total. The van der Waals surface area contributed by atoms with E-state index in [1.807, 2.05) is 29.2 Å². The first kappa shape index (κ1) is 27.3. The molecule has 0 aliphatic carbocycles. The highest BCUT2D eigenvalue weighted by Gasteiger charge is 2.32. The van der Waals surface area contributed by atoms with Crippen molar-refractivity contribution in [1.29, 1.82) is 0 Å². The van der Waals surface area contributed by atoms with Crippen molar-refractivity contribution in [2.45, 2.75) is 44.6 Å². The summed E-state index contributed by atoms with van der Waals surface area (Å²) in [5.41, 5.74) is 5.93. The number of anilines is 1. The second-order valence-electron chi connectivity index (χ2n) is 11.5. The van der Waals surface area contributed by atoms with Crippen LogP contribution in [0.5, 0.6) is 5.75 Å². The van der Waals surface area contributed by atoms with Crippen molar-refractivity contribution in [3.8, 4) is 5.75 Å². The van der Waals surface area contributed by atoms with Crippen LogP contribution in [-0.4, -0.2) is 37.0 Å². The maximum atomic E-state index is 13.5. The molecule has 4 aromatic carbocycles. The van der Waals surface area contributed by atoms with Crippen LogP contribution in [0.4, 0.5) is 5.69 Å². The number of benzene rings is 4. The number of carbonyl (C=O) groups excluding carboxylic acids is 1. The molecule has 2 aliphatic rings. The van der Waals surface area contributed by atoms with Crippen LogP contribution in [0.3, 0.4) is 0 Å². The summed E-state index contributed by atoms with van der Waals surface area (Å²) in [5.74, 6) is 1.85. The van der Waals surface area contributed by atoms with E-state index >= 15 is 0 Å². The fraction of sp³-hybridized carbons (Fsp3) is 0.324. The Morgan fingerprint density at radius 3 is 2.12 bits per heavy atom. The van der Waals surface area contributed by atoms with E-state index in [1.165, 1.54) is 49.0 Å². The van der Waals surface area contributed by atoms with Crippen molar-refractivity contribution in [1.82, 2.24) is 4.90 Å². The second-order valence-corrected chi connectivity index (χ2v) is 11.5. The number of piperidine rings is 1. The highest BCUT2D eigenvalue weighted by atomic mass is 16.5. The summed E-state index contributed by atoms with van der Waals surface area (Å²) in [6, 6.07) is 37.9. The second kappa shape index (κ2) is 13.2. The van der Waals surface area contributed by atoms with Crippen LogP contribution >= 0.6 is 0 Å². The largest absolute Gasteiger partial charge is 0.493 e. The first-order valence-corrected chi connectivity index (χ1v) is 15.2. The summed E-state index contributed by atoms with van der Waals surface area (Å²) in [4.78, 5) is 18.0. The first-order valence-electron chi connectivity index (χ1n) is 15.2. The molecule has 1 unspecified atom stereocenters. The lowest BCUT2D eigenvalue weighted by atomic mass is 9.83. The predicted molar refractivity (Wildman–Crippen MR) is 166 cm³/mol. The highest BCUT2D eigenvalue weighted by Crippen LogP contribution is 2.42. The monoisotopic (exact) mass is 544 g/mol. The summed E-state index contributed by atoms with van der Waals surface area (Å²) in [6.45, 7) is 4.66. The van der Waals surface area contributed by atoms with E-state index < -0.39 is 0 Å². The third kappa shape index (κ3) is 6.89. The molecular weight excluding hydrogens is 504 g/mol. The zero-order valence-electron chi connectivity index (χ0n) is 23.8. The van der Waals surface area contributed by atoms with Crippen LogP contribution in [0.2, 0.25) is 0 Å². The number of amides is 1. The normalized spacial score (nSPS) is 17.8. The van der Waals surface area contributed by atoms with Crippen molar-refractivity contribution in [3.63, 3.8) is 0 Å². The van der Waals surface area contributed by atoms with Gasteiger partial charge in [-0.1, -0.05) is 97.1 Å². The van der Waals surface area contributed by atoms with Gasteiger partial charge in [0.1, 0.15) is 5.75 Å². The molecule has 1 amide bonds. The van der Waals surface area contributed by atoms with Gasteiger partial charge in [0, 0.05) is 24.9 Å². The smallest absolute Gasteiger partial charge is 0.228 e. The Bertz CT molecular complexity index is 1400. The highest BCUT2D eigenvalue weighted by molar-refractivity contribution is 5.98. The fourth-order valence-corrected chi connectivity index (χ4v) is 6.43. The van der Waals surface area contributed by atoms with E-state index in [9.17, 15) is 4.79 Å². The van der Waals surface area contributed by atoms with E-state index in [4.69, 9.17) is 4.74 Å². The zero-order chi connectivity index (χ0) is 27.9. The lowest BCUT2D eigenvalue weighted by Gasteiger charge is -2.35. The molecule has 0 bridgehead atoms. The Balaban J connectivity index is 1.07. The number of carbonyl (C=O) groups is 1. The molecule has 1 fully saturated rings. The Hall–Kier alpha value is -3.89. The Morgan fingerprint density at radius 1 is 0.756 bits per heavy atom. The van der Waals surface area contributed by atoms with Gasteiger partial charge in [0.2, 0.25) is 5.91 Å². The lowest BCUT2D eigenvalue weighted by molar-refractivity contribution is -0.119. The van der Waals surface area contributed by atoms with Crippen molar-refractivity contribution in [3.05, 3.63) is 131 Å². The molecule has 0 spiro atoms. The molecule has 41 heavy (non-hydrogen) atoms. The number of hydrogen-bond donors (Lipinski definition) is 0. The van der Waals surface area contributed by atoms with E-state index in [2.05, 4.69) is 89.8 Å². The van der Waals surface area contributed by atoms with E-state index in [0.717, 1.165) is 35.9 Å². The fourth-order valence-electron chi connectivity index (χ4n) is 6.43. The van der Waals surface area contributed by atoms with Crippen LogP contribution in [0.25, 0.3) is 0 Å².